The van der Waals surface area contributed by atoms with Gasteiger partial charge in [0, 0.05) is 29.2 Å². The summed E-state index contributed by atoms with van der Waals surface area (Å²) in [5.41, 5.74) is 2.57. The summed E-state index contributed by atoms with van der Waals surface area (Å²) in [4.78, 5) is 16.3. The number of hydrogen-bond donors (Lipinski definition) is 1. The van der Waals surface area contributed by atoms with Crippen LogP contribution in [0.5, 0.6) is 5.75 Å². The van der Waals surface area contributed by atoms with Gasteiger partial charge in [-0.1, -0.05) is 12.1 Å². The molecule has 0 aliphatic rings. The molecule has 0 aliphatic carbocycles. The van der Waals surface area contributed by atoms with Gasteiger partial charge in [-0.05, 0) is 48.5 Å². The molecule has 1 aromatic heterocycles. The number of pyridine rings is 1. The van der Waals surface area contributed by atoms with Crippen molar-refractivity contribution in [2.24, 2.45) is 0 Å². The topological polar surface area (TPSA) is 75.0 Å². The molecule has 25 heavy (non-hydrogen) atoms. The average molecular weight is 329 g/mol. The minimum Gasteiger partial charge on any atom is -0.489 e. The van der Waals surface area contributed by atoms with Crippen LogP contribution >= 0.6 is 0 Å². The fourth-order valence-corrected chi connectivity index (χ4v) is 2.22. The smallest absolute Gasteiger partial charge is 0.255 e. The highest BCUT2D eigenvalue weighted by atomic mass is 16.5. The van der Waals surface area contributed by atoms with E-state index in [2.05, 4.69) is 10.3 Å². The van der Waals surface area contributed by atoms with Gasteiger partial charge < -0.3 is 10.1 Å². The second-order valence-corrected chi connectivity index (χ2v) is 5.32. The average Bonchev–Trinajstić information content (AvgIpc) is 2.67. The van der Waals surface area contributed by atoms with Crippen LogP contribution in [0.15, 0.2) is 73.1 Å². The Morgan fingerprint density at radius 3 is 2.68 bits per heavy atom. The fraction of sp³-hybridized carbons (Fsp3) is 0.0500. The lowest BCUT2D eigenvalue weighted by Crippen LogP contribution is -2.11. The lowest BCUT2D eigenvalue weighted by molar-refractivity contribution is 0.102. The lowest BCUT2D eigenvalue weighted by atomic mass is 10.2. The molecule has 1 amide bonds. The van der Waals surface area contributed by atoms with Crippen molar-refractivity contribution < 1.29 is 9.53 Å². The van der Waals surface area contributed by atoms with E-state index in [9.17, 15) is 4.79 Å². The van der Waals surface area contributed by atoms with Crippen molar-refractivity contribution >= 4 is 11.6 Å². The van der Waals surface area contributed by atoms with E-state index in [0.717, 1.165) is 5.56 Å². The van der Waals surface area contributed by atoms with Crippen molar-refractivity contribution in [2.75, 3.05) is 5.32 Å². The first-order valence-electron chi connectivity index (χ1n) is 7.68. The molecule has 0 atom stereocenters. The molecule has 0 radical (unpaired) electrons. The Hall–Kier alpha value is -3.65. The molecule has 0 bridgehead atoms. The number of nitrogens with one attached hydrogen (secondary N) is 1. The van der Waals surface area contributed by atoms with Gasteiger partial charge in [0.2, 0.25) is 0 Å². The molecule has 0 spiro atoms. The third-order valence-electron chi connectivity index (χ3n) is 3.49. The van der Waals surface area contributed by atoms with Crippen LogP contribution in [0.3, 0.4) is 0 Å². The van der Waals surface area contributed by atoms with Gasteiger partial charge in [-0.3, -0.25) is 9.78 Å². The van der Waals surface area contributed by atoms with Crippen LogP contribution < -0.4 is 10.1 Å². The second kappa shape index (κ2) is 7.75. The maximum Gasteiger partial charge on any atom is 0.255 e. The molecule has 0 aliphatic heterocycles. The van der Waals surface area contributed by atoms with Gasteiger partial charge in [0.15, 0.2) is 0 Å². The van der Waals surface area contributed by atoms with Gasteiger partial charge in [-0.2, -0.15) is 5.26 Å². The van der Waals surface area contributed by atoms with Crippen molar-refractivity contribution in [1.82, 2.24) is 4.98 Å². The van der Waals surface area contributed by atoms with E-state index in [-0.39, 0.29) is 5.91 Å². The van der Waals surface area contributed by atoms with Crippen molar-refractivity contribution in [2.45, 2.75) is 6.61 Å². The third kappa shape index (κ3) is 4.43. The molecule has 0 saturated carbocycles. The fourth-order valence-electron chi connectivity index (χ4n) is 2.22. The summed E-state index contributed by atoms with van der Waals surface area (Å²) < 4.78 is 5.67. The molecule has 2 aromatic carbocycles. The number of hydrogen-bond acceptors (Lipinski definition) is 4. The molecule has 5 nitrogen and oxygen atoms in total. The Balaban J connectivity index is 1.61. The maximum absolute atomic E-state index is 12.3. The summed E-state index contributed by atoms with van der Waals surface area (Å²) in [6, 6.07) is 19.5. The zero-order valence-corrected chi connectivity index (χ0v) is 13.3. The number of nitrogens with zero attached hydrogens (tertiary/aromatic N) is 2. The highest BCUT2D eigenvalue weighted by molar-refractivity contribution is 6.04. The number of amides is 1. The monoisotopic (exact) mass is 329 g/mol. The third-order valence-corrected chi connectivity index (χ3v) is 3.49. The largest absolute Gasteiger partial charge is 0.489 e. The number of carbonyl (C=O) groups is 1. The Labute approximate surface area is 145 Å². The highest BCUT2D eigenvalue weighted by Gasteiger charge is 2.07. The van der Waals surface area contributed by atoms with Crippen LogP contribution in [0.25, 0.3) is 0 Å². The first-order valence-corrected chi connectivity index (χ1v) is 7.68. The predicted molar refractivity (Wildman–Crippen MR) is 94.1 cm³/mol. The Kier molecular flexibility index (Phi) is 5.03. The molecule has 5 heteroatoms. The lowest BCUT2D eigenvalue weighted by Gasteiger charge is -2.08. The van der Waals surface area contributed by atoms with Crippen LogP contribution in [0.1, 0.15) is 21.5 Å². The molecule has 0 saturated heterocycles. The van der Waals surface area contributed by atoms with E-state index >= 15 is 0 Å². The SMILES string of the molecule is N#Cc1cccc(NC(=O)c2ccc(OCc3cccnc3)cc2)c1. The number of aromatic nitrogens is 1. The number of rotatable bonds is 5. The maximum atomic E-state index is 12.3. The first-order chi connectivity index (χ1) is 12.2. The molecular formula is C20H15N3O2. The van der Waals surface area contributed by atoms with E-state index in [0.29, 0.717) is 29.2 Å². The summed E-state index contributed by atoms with van der Waals surface area (Å²) >= 11 is 0. The quantitative estimate of drug-likeness (QED) is 0.773. The van der Waals surface area contributed by atoms with Crippen LogP contribution in [0.4, 0.5) is 5.69 Å². The summed E-state index contributed by atoms with van der Waals surface area (Å²) in [6.07, 6.45) is 3.46. The summed E-state index contributed by atoms with van der Waals surface area (Å²) in [7, 11) is 0. The van der Waals surface area contributed by atoms with Gasteiger partial charge in [-0.25, -0.2) is 0 Å². The molecule has 1 heterocycles. The molecular weight excluding hydrogens is 314 g/mol. The van der Waals surface area contributed by atoms with E-state index < -0.39 is 0 Å². The van der Waals surface area contributed by atoms with Gasteiger partial charge in [0.1, 0.15) is 12.4 Å². The van der Waals surface area contributed by atoms with Gasteiger partial charge in [-0.15, -0.1) is 0 Å². The minimum absolute atomic E-state index is 0.242. The summed E-state index contributed by atoms with van der Waals surface area (Å²) in [6.45, 7) is 0.417. The van der Waals surface area contributed by atoms with Gasteiger partial charge in [0.05, 0.1) is 11.6 Å². The zero-order valence-electron chi connectivity index (χ0n) is 13.3. The summed E-state index contributed by atoms with van der Waals surface area (Å²) in [5, 5.41) is 11.7. The molecule has 0 unspecified atom stereocenters. The number of ether oxygens (including phenoxy) is 1. The molecule has 1 N–H and O–H groups in total. The van der Waals surface area contributed by atoms with Crippen LogP contribution in [0, 0.1) is 11.3 Å². The first kappa shape index (κ1) is 16.2. The number of benzene rings is 2. The Morgan fingerprint density at radius 2 is 1.96 bits per heavy atom. The Bertz CT molecular complexity index is 900. The standard InChI is InChI=1S/C20H15N3O2/c21-12-15-3-1-5-18(11-15)23-20(24)17-6-8-19(9-7-17)25-14-16-4-2-10-22-13-16/h1-11,13H,14H2,(H,23,24). The predicted octanol–water partition coefficient (Wildman–Crippen LogP) is 3.78. The molecule has 3 rings (SSSR count). The highest BCUT2D eigenvalue weighted by Crippen LogP contribution is 2.16. The Morgan fingerprint density at radius 1 is 1.12 bits per heavy atom. The van der Waals surface area contributed by atoms with Crippen molar-refractivity contribution in [3.8, 4) is 11.8 Å². The van der Waals surface area contributed by atoms with E-state index in [1.807, 2.05) is 18.2 Å². The van der Waals surface area contributed by atoms with Gasteiger partial charge >= 0.3 is 0 Å². The molecule has 0 fully saturated rings. The zero-order chi connectivity index (χ0) is 17.5. The molecule has 3 aromatic rings. The van der Waals surface area contributed by atoms with Gasteiger partial charge in [0.25, 0.3) is 5.91 Å². The normalized spacial score (nSPS) is 9.88. The van der Waals surface area contributed by atoms with Crippen LogP contribution in [-0.4, -0.2) is 10.9 Å². The minimum atomic E-state index is -0.242. The number of carbonyl (C=O) groups excluding carboxylic acids is 1. The van der Waals surface area contributed by atoms with E-state index in [4.69, 9.17) is 10.00 Å². The number of nitriles is 1. The van der Waals surface area contributed by atoms with Crippen molar-refractivity contribution in [3.05, 3.63) is 89.7 Å². The number of anilines is 1. The van der Waals surface area contributed by atoms with E-state index in [1.165, 1.54) is 0 Å². The summed E-state index contributed by atoms with van der Waals surface area (Å²) in [5.74, 6) is 0.431. The van der Waals surface area contributed by atoms with Crippen molar-refractivity contribution in [3.63, 3.8) is 0 Å². The van der Waals surface area contributed by atoms with Crippen LogP contribution in [0.2, 0.25) is 0 Å². The second-order valence-electron chi connectivity index (χ2n) is 5.32. The van der Waals surface area contributed by atoms with Crippen LogP contribution in [-0.2, 0) is 6.61 Å². The van der Waals surface area contributed by atoms with E-state index in [1.54, 1.807) is 60.9 Å². The molecule has 122 valence electrons. The van der Waals surface area contributed by atoms with Crippen molar-refractivity contribution in [1.29, 1.82) is 5.26 Å².